The second kappa shape index (κ2) is 4.14. The van der Waals surface area contributed by atoms with Gasteiger partial charge in [0.2, 0.25) is 0 Å². The molecule has 2 aromatic rings. The zero-order valence-corrected chi connectivity index (χ0v) is 9.13. The van der Waals surface area contributed by atoms with E-state index in [4.69, 9.17) is 13.9 Å². The van der Waals surface area contributed by atoms with Crippen LogP contribution < -0.4 is 9.47 Å². The van der Waals surface area contributed by atoms with E-state index in [1.54, 1.807) is 12.1 Å². The van der Waals surface area contributed by atoms with E-state index < -0.39 is 6.10 Å². The third-order valence-electron chi connectivity index (χ3n) is 2.74. The minimum Gasteiger partial charge on any atom is -0.486 e. The van der Waals surface area contributed by atoms with Crippen LogP contribution >= 0.6 is 0 Å². The Hall–Kier alpha value is -1.94. The Morgan fingerprint density at radius 1 is 1.00 bits per heavy atom. The molecule has 0 saturated carbocycles. The zero-order chi connectivity index (χ0) is 11.7. The van der Waals surface area contributed by atoms with Crippen molar-refractivity contribution in [1.29, 1.82) is 0 Å². The fourth-order valence-corrected chi connectivity index (χ4v) is 1.85. The molecule has 2 heterocycles. The van der Waals surface area contributed by atoms with Gasteiger partial charge in [-0.05, 0) is 23.8 Å². The van der Waals surface area contributed by atoms with Crippen LogP contribution in [0.2, 0.25) is 0 Å². The Labute approximate surface area is 98.4 Å². The summed E-state index contributed by atoms with van der Waals surface area (Å²) in [5.74, 6) is 1.40. The normalized spacial score (nSPS) is 15.6. The molecule has 1 atom stereocenters. The van der Waals surface area contributed by atoms with Crippen molar-refractivity contribution in [2.45, 2.75) is 6.10 Å². The number of benzene rings is 1. The molecule has 17 heavy (non-hydrogen) atoms. The van der Waals surface area contributed by atoms with Crippen molar-refractivity contribution in [2.24, 2.45) is 0 Å². The van der Waals surface area contributed by atoms with Crippen LogP contribution in [0.4, 0.5) is 0 Å². The van der Waals surface area contributed by atoms with Crippen molar-refractivity contribution in [3.05, 3.63) is 47.9 Å². The van der Waals surface area contributed by atoms with Crippen LogP contribution in [0, 0.1) is 0 Å². The van der Waals surface area contributed by atoms with Crippen LogP contribution in [0.1, 0.15) is 17.2 Å². The summed E-state index contributed by atoms with van der Waals surface area (Å²) >= 11 is 0. The molecule has 1 aliphatic rings. The van der Waals surface area contributed by atoms with E-state index in [1.165, 1.54) is 12.5 Å². The highest BCUT2D eigenvalue weighted by atomic mass is 16.6. The second-order valence-corrected chi connectivity index (χ2v) is 3.86. The first kappa shape index (κ1) is 10.2. The van der Waals surface area contributed by atoms with Crippen molar-refractivity contribution in [3.63, 3.8) is 0 Å². The average Bonchev–Trinajstić information content (AvgIpc) is 2.91. The van der Waals surface area contributed by atoms with Crippen LogP contribution in [-0.4, -0.2) is 18.3 Å². The van der Waals surface area contributed by atoms with E-state index in [-0.39, 0.29) is 0 Å². The van der Waals surface area contributed by atoms with E-state index in [9.17, 15) is 5.11 Å². The van der Waals surface area contributed by atoms with E-state index >= 15 is 0 Å². The number of fused-ring (bicyclic) bond motifs is 1. The SMILES string of the molecule is O[C@H](c1ccoc1)c1ccc2c(c1)OCCO2. The number of furan rings is 1. The van der Waals surface area contributed by atoms with Gasteiger partial charge in [-0.25, -0.2) is 0 Å². The molecule has 0 aliphatic carbocycles. The first-order valence-electron chi connectivity index (χ1n) is 5.44. The third kappa shape index (κ3) is 1.87. The molecule has 0 amide bonds. The standard InChI is InChI=1S/C13H12O4/c14-13(10-3-4-15-8-10)9-1-2-11-12(7-9)17-6-5-16-11/h1-4,7-8,13-14H,5-6H2/t13-/m0/s1. The lowest BCUT2D eigenvalue weighted by Gasteiger charge is -2.19. The highest BCUT2D eigenvalue weighted by molar-refractivity contribution is 5.45. The Morgan fingerprint density at radius 2 is 1.82 bits per heavy atom. The summed E-state index contributed by atoms with van der Waals surface area (Å²) in [5, 5.41) is 10.1. The van der Waals surface area contributed by atoms with Gasteiger partial charge in [0.05, 0.1) is 12.5 Å². The summed E-state index contributed by atoms with van der Waals surface area (Å²) in [7, 11) is 0. The molecule has 0 fully saturated rings. The quantitative estimate of drug-likeness (QED) is 0.861. The summed E-state index contributed by atoms with van der Waals surface area (Å²) in [5.41, 5.74) is 1.48. The summed E-state index contributed by atoms with van der Waals surface area (Å²) in [6, 6.07) is 7.17. The molecule has 3 rings (SSSR count). The van der Waals surface area contributed by atoms with E-state index in [1.807, 2.05) is 12.1 Å². The molecule has 4 heteroatoms. The maximum absolute atomic E-state index is 10.1. The van der Waals surface area contributed by atoms with Gasteiger partial charge < -0.3 is 19.0 Å². The molecule has 1 aromatic heterocycles. The lowest BCUT2D eigenvalue weighted by molar-refractivity contribution is 0.169. The molecule has 4 nitrogen and oxygen atoms in total. The Morgan fingerprint density at radius 3 is 2.59 bits per heavy atom. The van der Waals surface area contributed by atoms with E-state index in [0.717, 1.165) is 16.9 Å². The molecule has 1 N–H and O–H groups in total. The molecule has 0 saturated heterocycles. The number of hydrogen-bond donors (Lipinski definition) is 1. The smallest absolute Gasteiger partial charge is 0.161 e. The molecule has 0 radical (unpaired) electrons. The van der Waals surface area contributed by atoms with E-state index in [2.05, 4.69) is 0 Å². The lowest BCUT2D eigenvalue weighted by Crippen LogP contribution is -2.15. The zero-order valence-electron chi connectivity index (χ0n) is 9.13. The molecular formula is C13H12O4. The van der Waals surface area contributed by atoms with Crippen molar-refractivity contribution < 1.29 is 19.0 Å². The average molecular weight is 232 g/mol. The maximum atomic E-state index is 10.1. The summed E-state index contributed by atoms with van der Waals surface area (Å²) in [6.45, 7) is 1.11. The van der Waals surface area contributed by atoms with Gasteiger partial charge in [0.15, 0.2) is 11.5 Å². The number of aliphatic hydroxyl groups excluding tert-OH is 1. The molecular weight excluding hydrogens is 220 g/mol. The molecule has 1 aromatic carbocycles. The van der Waals surface area contributed by atoms with Crippen LogP contribution in [0.15, 0.2) is 41.2 Å². The number of aliphatic hydroxyl groups is 1. The third-order valence-corrected chi connectivity index (χ3v) is 2.74. The van der Waals surface area contributed by atoms with Gasteiger partial charge >= 0.3 is 0 Å². The van der Waals surface area contributed by atoms with Gasteiger partial charge in [-0.3, -0.25) is 0 Å². The minimum atomic E-state index is -0.704. The van der Waals surface area contributed by atoms with Gasteiger partial charge in [0.25, 0.3) is 0 Å². The van der Waals surface area contributed by atoms with Crippen LogP contribution in [0.25, 0.3) is 0 Å². The Kier molecular flexibility index (Phi) is 2.49. The molecule has 0 bridgehead atoms. The van der Waals surface area contributed by atoms with Crippen molar-refractivity contribution >= 4 is 0 Å². The molecule has 0 unspecified atom stereocenters. The number of hydrogen-bond acceptors (Lipinski definition) is 4. The van der Waals surface area contributed by atoms with Crippen LogP contribution in [0.5, 0.6) is 11.5 Å². The fourth-order valence-electron chi connectivity index (χ4n) is 1.85. The highest BCUT2D eigenvalue weighted by Crippen LogP contribution is 2.34. The molecule has 0 spiro atoms. The van der Waals surface area contributed by atoms with Gasteiger partial charge in [-0.15, -0.1) is 0 Å². The van der Waals surface area contributed by atoms with Crippen LogP contribution in [-0.2, 0) is 0 Å². The Balaban J connectivity index is 1.93. The van der Waals surface area contributed by atoms with Crippen molar-refractivity contribution in [3.8, 4) is 11.5 Å². The summed E-state index contributed by atoms with van der Waals surface area (Å²) in [4.78, 5) is 0. The fraction of sp³-hybridized carbons (Fsp3) is 0.231. The largest absolute Gasteiger partial charge is 0.486 e. The monoisotopic (exact) mass is 232 g/mol. The predicted molar refractivity (Wildman–Crippen MR) is 60.2 cm³/mol. The number of rotatable bonds is 2. The Bertz CT molecular complexity index is 504. The van der Waals surface area contributed by atoms with Gasteiger partial charge in [0, 0.05) is 5.56 Å². The first-order valence-corrected chi connectivity index (χ1v) is 5.44. The maximum Gasteiger partial charge on any atom is 0.161 e. The number of ether oxygens (including phenoxy) is 2. The van der Waals surface area contributed by atoms with Crippen molar-refractivity contribution in [1.82, 2.24) is 0 Å². The highest BCUT2D eigenvalue weighted by Gasteiger charge is 2.17. The van der Waals surface area contributed by atoms with Gasteiger partial charge in [0.1, 0.15) is 19.3 Å². The van der Waals surface area contributed by atoms with Gasteiger partial charge in [-0.1, -0.05) is 6.07 Å². The molecule has 1 aliphatic heterocycles. The van der Waals surface area contributed by atoms with Gasteiger partial charge in [-0.2, -0.15) is 0 Å². The minimum absolute atomic E-state index is 0.540. The summed E-state index contributed by atoms with van der Waals surface area (Å²) < 4.78 is 15.8. The van der Waals surface area contributed by atoms with E-state index in [0.29, 0.717) is 19.0 Å². The first-order chi connectivity index (χ1) is 8.34. The second-order valence-electron chi connectivity index (χ2n) is 3.86. The molecule has 88 valence electrons. The van der Waals surface area contributed by atoms with Crippen molar-refractivity contribution in [2.75, 3.05) is 13.2 Å². The summed E-state index contributed by atoms with van der Waals surface area (Å²) in [6.07, 6.45) is 2.36. The van der Waals surface area contributed by atoms with Crippen LogP contribution in [0.3, 0.4) is 0 Å². The predicted octanol–water partition coefficient (Wildman–Crippen LogP) is 2.13. The lowest BCUT2D eigenvalue weighted by atomic mass is 10.0. The topological polar surface area (TPSA) is 51.8 Å².